The topological polar surface area (TPSA) is 9.23 Å². The average Bonchev–Trinajstić information content (AvgIpc) is 3.03. The van der Waals surface area contributed by atoms with E-state index in [9.17, 15) is 13.2 Å². The first-order chi connectivity index (χ1) is 21.3. The van der Waals surface area contributed by atoms with Crippen LogP contribution in [0.15, 0.2) is 127 Å². The van der Waals surface area contributed by atoms with Crippen LogP contribution in [0, 0.1) is 5.82 Å². The molecule has 224 valence electrons. The van der Waals surface area contributed by atoms with E-state index in [1.807, 2.05) is 18.2 Å². The van der Waals surface area contributed by atoms with Crippen LogP contribution in [0.5, 0.6) is 5.75 Å². The molecule has 0 saturated heterocycles. The van der Waals surface area contributed by atoms with Crippen LogP contribution in [0.3, 0.4) is 0 Å². The predicted octanol–water partition coefficient (Wildman–Crippen LogP) is 11.5. The molecule has 0 unspecified atom stereocenters. The lowest BCUT2D eigenvalue weighted by molar-refractivity contribution is -0.274. The van der Waals surface area contributed by atoms with Gasteiger partial charge in [0.25, 0.3) is 0 Å². The lowest BCUT2D eigenvalue weighted by atomic mass is 9.97. The third-order valence-corrected chi connectivity index (χ3v) is 7.62. The molecule has 0 amide bonds. The van der Waals surface area contributed by atoms with Crippen molar-refractivity contribution in [3.8, 4) is 16.9 Å². The maximum atomic E-state index is 15.2. The van der Waals surface area contributed by atoms with Crippen LogP contribution in [-0.4, -0.2) is 6.36 Å². The standard InChI is InChI=1S/C29H26F4O.C10H8/c1-2-3-4-20-5-7-21(8-6-20)9-10-22-11-17-27-24(19-22)14-18-26(28(27)30)23-12-15-25(16-13-23)34-29(31,32)33;1-2-6-10-8-4-3-7-9(10)5-1/h5-8,11-19H,2-4,9-10H2,1H3;1-8H. The fourth-order valence-corrected chi connectivity index (χ4v) is 5.23. The van der Waals surface area contributed by atoms with Crippen molar-refractivity contribution < 1.29 is 22.3 Å². The largest absolute Gasteiger partial charge is 0.573 e. The van der Waals surface area contributed by atoms with Gasteiger partial charge in [-0.1, -0.05) is 129 Å². The zero-order valence-electron chi connectivity index (χ0n) is 24.6. The highest BCUT2D eigenvalue weighted by Gasteiger charge is 2.31. The molecule has 0 spiro atoms. The van der Waals surface area contributed by atoms with Crippen molar-refractivity contribution in [2.75, 3.05) is 0 Å². The van der Waals surface area contributed by atoms with E-state index in [-0.39, 0.29) is 5.75 Å². The van der Waals surface area contributed by atoms with Gasteiger partial charge in [0.05, 0.1) is 0 Å². The SMILES string of the molecule is CCCCc1ccc(CCc2ccc3c(F)c(-c4ccc(OC(F)(F)F)cc4)ccc3c2)cc1.c1ccc2ccccc2c1. The van der Waals surface area contributed by atoms with Crippen LogP contribution in [0.25, 0.3) is 32.7 Å². The highest BCUT2D eigenvalue weighted by molar-refractivity contribution is 5.89. The van der Waals surface area contributed by atoms with Crippen molar-refractivity contribution >= 4 is 21.5 Å². The molecule has 0 radical (unpaired) electrons. The van der Waals surface area contributed by atoms with Crippen molar-refractivity contribution in [3.05, 3.63) is 150 Å². The number of benzene rings is 6. The molecule has 0 heterocycles. The molecule has 0 aromatic heterocycles. The number of hydrogen-bond donors (Lipinski definition) is 0. The van der Waals surface area contributed by atoms with Gasteiger partial charge >= 0.3 is 6.36 Å². The third kappa shape index (κ3) is 8.25. The van der Waals surface area contributed by atoms with Crippen molar-refractivity contribution in [2.24, 2.45) is 0 Å². The van der Waals surface area contributed by atoms with E-state index < -0.39 is 12.2 Å². The minimum Gasteiger partial charge on any atom is -0.406 e. The molecule has 6 aromatic rings. The summed E-state index contributed by atoms with van der Waals surface area (Å²) in [5.74, 6) is -0.728. The first-order valence-corrected chi connectivity index (χ1v) is 14.9. The number of unbranched alkanes of at least 4 members (excludes halogenated alkanes) is 1. The highest BCUT2D eigenvalue weighted by atomic mass is 19.4. The number of rotatable bonds is 8. The molecule has 0 fully saturated rings. The molecule has 0 atom stereocenters. The van der Waals surface area contributed by atoms with E-state index in [0.717, 1.165) is 30.2 Å². The number of alkyl halides is 3. The molecule has 0 aliphatic carbocycles. The molecule has 0 saturated carbocycles. The van der Waals surface area contributed by atoms with Gasteiger partial charge in [0.1, 0.15) is 11.6 Å². The summed E-state index contributed by atoms with van der Waals surface area (Å²) in [4.78, 5) is 0. The van der Waals surface area contributed by atoms with Gasteiger partial charge in [0, 0.05) is 10.9 Å². The monoisotopic (exact) mass is 594 g/mol. The van der Waals surface area contributed by atoms with Gasteiger partial charge in [0.15, 0.2) is 0 Å². The Morgan fingerprint density at radius 2 is 1.11 bits per heavy atom. The van der Waals surface area contributed by atoms with Crippen molar-refractivity contribution in [2.45, 2.75) is 45.4 Å². The Kier molecular flexibility index (Phi) is 9.96. The molecule has 6 aromatic carbocycles. The fraction of sp³-hybridized carbons (Fsp3) is 0.179. The molecule has 44 heavy (non-hydrogen) atoms. The van der Waals surface area contributed by atoms with E-state index in [2.05, 4.69) is 84.5 Å². The molecular weight excluding hydrogens is 560 g/mol. The summed E-state index contributed by atoms with van der Waals surface area (Å²) < 4.78 is 56.2. The molecule has 1 nitrogen and oxygen atoms in total. The zero-order valence-corrected chi connectivity index (χ0v) is 24.6. The Bertz CT molecular complexity index is 1740. The van der Waals surface area contributed by atoms with Gasteiger partial charge < -0.3 is 4.74 Å². The van der Waals surface area contributed by atoms with Crippen LogP contribution in [0.2, 0.25) is 0 Å². The van der Waals surface area contributed by atoms with E-state index in [0.29, 0.717) is 16.5 Å². The summed E-state index contributed by atoms with van der Waals surface area (Å²) in [6.07, 6.45) is 0.508. The number of aryl methyl sites for hydroxylation is 3. The summed E-state index contributed by atoms with van der Waals surface area (Å²) >= 11 is 0. The van der Waals surface area contributed by atoms with Crippen LogP contribution < -0.4 is 4.74 Å². The predicted molar refractivity (Wildman–Crippen MR) is 172 cm³/mol. The van der Waals surface area contributed by atoms with Crippen molar-refractivity contribution in [1.82, 2.24) is 0 Å². The molecule has 0 aliphatic rings. The number of fused-ring (bicyclic) bond motifs is 2. The second kappa shape index (κ2) is 14.2. The Morgan fingerprint density at radius 1 is 0.568 bits per heavy atom. The lowest BCUT2D eigenvalue weighted by Crippen LogP contribution is -2.16. The number of halogens is 4. The molecule has 6 rings (SSSR count). The van der Waals surface area contributed by atoms with Crippen LogP contribution in [0.1, 0.15) is 36.5 Å². The van der Waals surface area contributed by atoms with Gasteiger partial charge in [0.2, 0.25) is 0 Å². The van der Waals surface area contributed by atoms with E-state index >= 15 is 4.39 Å². The minimum absolute atomic E-state index is 0.335. The van der Waals surface area contributed by atoms with Crippen LogP contribution in [0.4, 0.5) is 17.6 Å². The van der Waals surface area contributed by atoms with Crippen LogP contribution in [-0.2, 0) is 19.3 Å². The Hall–Kier alpha value is -4.64. The Balaban J connectivity index is 0.000000322. The maximum absolute atomic E-state index is 15.2. The summed E-state index contributed by atoms with van der Waals surface area (Å²) in [5, 5.41) is 3.90. The Morgan fingerprint density at radius 3 is 1.68 bits per heavy atom. The van der Waals surface area contributed by atoms with Gasteiger partial charge in [-0.25, -0.2) is 4.39 Å². The number of hydrogen-bond acceptors (Lipinski definition) is 1. The van der Waals surface area contributed by atoms with Gasteiger partial charge in [-0.05, 0) is 76.2 Å². The second-order valence-electron chi connectivity index (χ2n) is 10.8. The first-order valence-electron chi connectivity index (χ1n) is 14.9. The number of ether oxygens (including phenoxy) is 1. The van der Waals surface area contributed by atoms with E-state index in [1.165, 1.54) is 59.0 Å². The quantitative estimate of drug-likeness (QED) is 0.159. The normalized spacial score (nSPS) is 11.3. The molecule has 0 aliphatic heterocycles. The highest BCUT2D eigenvalue weighted by Crippen LogP contribution is 2.32. The van der Waals surface area contributed by atoms with Gasteiger partial charge in [-0.15, -0.1) is 13.2 Å². The molecule has 0 N–H and O–H groups in total. The second-order valence-corrected chi connectivity index (χ2v) is 10.8. The lowest BCUT2D eigenvalue weighted by Gasteiger charge is -2.11. The summed E-state index contributed by atoms with van der Waals surface area (Å²) in [6.45, 7) is 2.19. The third-order valence-electron chi connectivity index (χ3n) is 7.62. The molecule has 5 heteroatoms. The minimum atomic E-state index is -4.76. The smallest absolute Gasteiger partial charge is 0.406 e. The zero-order chi connectivity index (χ0) is 30.9. The molecular formula is C39H34F4O. The van der Waals surface area contributed by atoms with Crippen molar-refractivity contribution in [1.29, 1.82) is 0 Å². The Labute approximate surface area is 255 Å². The fourth-order valence-electron chi connectivity index (χ4n) is 5.23. The maximum Gasteiger partial charge on any atom is 0.573 e. The van der Waals surface area contributed by atoms with Gasteiger partial charge in [-0.2, -0.15) is 0 Å². The van der Waals surface area contributed by atoms with Gasteiger partial charge in [-0.3, -0.25) is 0 Å². The first kappa shape index (κ1) is 30.8. The average molecular weight is 595 g/mol. The summed E-state index contributed by atoms with van der Waals surface area (Å²) in [5.41, 5.74) is 4.59. The molecule has 0 bridgehead atoms. The van der Waals surface area contributed by atoms with Crippen LogP contribution >= 0.6 is 0 Å². The summed E-state index contributed by atoms with van der Waals surface area (Å²) in [7, 11) is 0. The summed E-state index contributed by atoms with van der Waals surface area (Å²) in [6, 6.07) is 39.9. The van der Waals surface area contributed by atoms with E-state index in [4.69, 9.17) is 0 Å². The van der Waals surface area contributed by atoms with E-state index in [1.54, 1.807) is 12.1 Å². The van der Waals surface area contributed by atoms with Crippen molar-refractivity contribution in [3.63, 3.8) is 0 Å².